The molecule has 3 nitrogen and oxygen atoms in total. The fourth-order valence-electron chi connectivity index (χ4n) is 2.25. The van der Waals surface area contributed by atoms with Crippen molar-refractivity contribution in [2.45, 2.75) is 58.4 Å². The van der Waals surface area contributed by atoms with E-state index in [0.717, 1.165) is 32.2 Å². The quantitative estimate of drug-likeness (QED) is 0.799. The number of carbonyl (C=O) groups excluding carboxylic acids is 1. The Hall–Kier alpha value is -0.570. The molecule has 94 valence electrons. The molecule has 1 N–H and O–H groups in total. The smallest absolute Gasteiger partial charge is 0.222 e. The van der Waals surface area contributed by atoms with E-state index in [1.165, 1.54) is 6.42 Å². The fourth-order valence-corrected chi connectivity index (χ4v) is 2.25. The molecule has 0 radical (unpaired) electrons. The van der Waals surface area contributed by atoms with Crippen LogP contribution >= 0.6 is 0 Å². The van der Waals surface area contributed by atoms with E-state index in [0.29, 0.717) is 12.3 Å². The van der Waals surface area contributed by atoms with E-state index >= 15 is 0 Å². The molecule has 1 saturated heterocycles. The molecule has 1 aliphatic heterocycles. The monoisotopic (exact) mass is 227 g/mol. The summed E-state index contributed by atoms with van der Waals surface area (Å²) < 4.78 is 0. The molecule has 1 rings (SSSR count). The summed E-state index contributed by atoms with van der Waals surface area (Å²) in [5.74, 6) is 0.804. The van der Waals surface area contributed by atoms with Crippen LogP contribution < -0.4 is 0 Å². The zero-order valence-electron chi connectivity index (χ0n) is 10.6. The van der Waals surface area contributed by atoms with Gasteiger partial charge in [0.15, 0.2) is 0 Å². The zero-order chi connectivity index (χ0) is 12.0. The van der Waals surface area contributed by atoms with Crippen molar-refractivity contribution in [2.75, 3.05) is 13.2 Å². The summed E-state index contributed by atoms with van der Waals surface area (Å²) in [5, 5.41) is 9.32. The van der Waals surface area contributed by atoms with E-state index in [2.05, 4.69) is 13.8 Å². The summed E-state index contributed by atoms with van der Waals surface area (Å²) in [6, 6.07) is 0.0714. The summed E-state index contributed by atoms with van der Waals surface area (Å²) in [6.45, 7) is 5.23. The number of aliphatic hydroxyl groups excluding tert-OH is 1. The topological polar surface area (TPSA) is 40.5 Å². The second-order valence-electron chi connectivity index (χ2n) is 5.21. The van der Waals surface area contributed by atoms with Gasteiger partial charge in [-0.15, -0.1) is 0 Å². The third-order valence-electron chi connectivity index (χ3n) is 3.34. The van der Waals surface area contributed by atoms with Crippen LogP contribution in [0.1, 0.15) is 52.4 Å². The molecular weight excluding hydrogens is 202 g/mol. The minimum atomic E-state index is 0.0714. The maximum absolute atomic E-state index is 12.0. The molecule has 1 atom stereocenters. The Morgan fingerprint density at radius 3 is 2.75 bits per heavy atom. The molecule has 3 heteroatoms. The summed E-state index contributed by atoms with van der Waals surface area (Å²) in [6.07, 6.45) is 5.96. The third-order valence-corrected chi connectivity index (χ3v) is 3.34. The normalized spacial score (nSPS) is 22.2. The lowest BCUT2D eigenvalue weighted by atomic mass is 10.1. The molecule has 1 fully saturated rings. The van der Waals surface area contributed by atoms with Crippen LogP contribution in [0, 0.1) is 5.92 Å². The fraction of sp³-hybridized carbons (Fsp3) is 0.923. The van der Waals surface area contributed by atoms with Crippen molar-refractivity contribution >= 4 is 5.91 Å². The van der Waals surface area contributed by atoms with Crippen molar-refractivity contribution in [1.82, 2.24) is 4.90 Å². The molecule has 16 heavy (non-hydrogen) atoms. The molecule has 0 aromatic heterocycles. The van der Waals surface area contributed by atoms with Crippen LogP contribution in [0.4, 0.5) is 0 Å². The predicted molar refractivity (Wildman–Crippen MR) is 65.1 cm³/mol. The van der Waals surface area contributed by atoms with Crippen LogP contribution in [0.3, 0.4) is 0 Å². The van der Waals surface area contributed by atoms with Crippen LogP contribution in [0.5, 0.6) is 0 Å². The first kappa shape index (κ1) is 13.5. The van der Waals surface area contributed by atoms with Gasteiger partial charge in [-0.05, 0) is 25.2 Å². The summed E-state index contributed by atoms with van der Waals surface area (Å²) in [7, 11) is 0. The Bertz CT molecular complexity index is 216. The van der Waals surface area contributed by atoms with Crippen molar-refractivity contribution in [2.24, 2.45) is 5.92 Å². The number of carbonyl (C=O) groups is 1. The lowest BCUT2D eigenvalue weighted by molar-refractivity contribution is -0.134. The molecule has 1 amide bonds. The van der Waals surface area contributed by atoms with Crippen LogP contribution in [-0.2, 0) is 4.79 Å². The number of hydrogen-bond acceptors (Lipinski definition) is 2. The molecule has 0 saturated carbocycles. The Labute approximate surface area is 98.8 Å². The first-order valence-corrected chi connectivity index (χ1v) is 6.55. The van der Waals surface area contributed by atoms with Gasteiger partial charge in [0.05, 0.1) is 12.6 Å². The second kappa shape index (κ2) is 6.89. The lowest BCUT2D eigenvalue weighted by Crippen LogP contribution is -2.42. The van der Waals surface area contributed by atoms with Crippen LogP contribution in [0.25, 0.3) is 0 Å². The molecular formula is C13H25NO2. The second-order valence-corrected chi connectivity index (χ2v) is 5.21. The molecule has 1 unspecified atom stereocenters. The number of amides is 1. The van der Waals surface area contributed by atoms with Gasteiger partial charge in [-0.1, -0.05) is 26.7 Å². The van der Waals surface area contributed by atoms with Gasteiger partial charge in [0.25, 0.3) is 0 Å². The van der Waals surface area contributed by atoms with Gasteiger partial charge >= 0.3 is 0 Å². The third kappa shape index (κ3) is 4.12. The summed E-state index contributed by atoms with van der Waals surface area (Å²) >= 11 is 0. The average molecular weight is 227 g/mol. The Kier molecular flexibility index (Phi) is 5.81. The van der Waals surface area contributed by atoms with E-state index in [1.54, 1.807) is 0 Å². The van der Waals surface area contributed by atoms with Gasteiger partial charge < -0.3 is 10.0 Å². The zero-order valence-corrected chi connectivity index (χ0v) is 10.6. The Morgan fingerprint density at radius 2 is 2.12 bits per heavy atom. The number of nitrogens with zero attached hydrogens (tertiary/aromatic N) is 1. The van der Waals surface area contributed by atoms with Gasteiger partial charge in [0.1, 0.15) is 0 Å². The SMILES string of the molecule is CC(C)CCC(=O)N1CCCCCC1CO. The molecule has 1 heterocycles. The molecule has 0 aromatic rings. The van der Waals surface area contributed by atoms with E-state index < -0.39 is 0 Å². The molecule has 0 bridgehead atoms. The number of rotatable bonds is 4. The summed E-state index contributed by atoms with van der Waals surface area (Å²) in [4.78, 5) is 14.0. The minimum absolute atomic E-state index is 0.0714. The number of likely N-dealkylation sites (tertiary alicyclic amines) is 1. The van der Waals surface area contributed by atoms with Gasteiger partial charge in [-0.2, -0.15) is 0 Å². The molecule has 0 aliphatic carbocycles. The molecule has 0 spiro atoms. The van der Waals surface area contributed by atoms with Gasteiger partial charge in [0.2, 0.25) is 5.91 Å². The summed E-state index contributed by atoms with van der Waals surface area (Å²) in [5.41, 5.74) is 0. The minimum Gasteiger partial charge on any atom is -0.394 e. The average Bonchev–Trinajstić information content (AvgIpc) is 2.50. The number of aliphatic hydroxyl groups is 1. The van der Waals surface area contributed by atoms with Crippen LogP contribution in [0.2, 0.25) is 0 Å². The highest BCUT2D eigenvalue weighted by atomic mass is 16.3. The maximum atomic E-state index is 12.0. The molecule has 0 aromatic carbocycles. The van der Waals surface area contributed by atoms with E-state index in [-0.39, 0.29) is 18.6 Å². The Balaban J connectivity index is 2.49. The van der Waals surface area contributed by atoms with Gasteiger partial charge in [-0.25, -0.2) is 0 Å². The predicted octanol–water partition coefficient (Wildman–Crippen LogP) is 2.19. The lowest BCUT2D eigenvalue weighted by Gasteiger charge is -2.29. The van der Waals surface area contributed by atoms with E-state index in [4.69, 9.17) is 0 Å². The maximum Gasteiger partial charge on any atom is 0.222 e. The molecule has 1 aliphatic rings. The largest absolute Gasteiger partial charge is 0.394 e. The van der Waals surface area contributed by atoms with Crippen molar-refractivity contribution < 1.29 is 9.90 Å². The van der Waals surface area contributed by atoms with Crippen molar-refractivity contribution in [3.63, 3.8) is 0 Å². The Morgan fingerprint density at radius 1 is 1.38 bits per heavy atom. The first-order chi connectivity index (χ1) is 7.65. The highest BCUT2D eigenvalue weighted by Gasteiger charge is 2.24. The number of hydrogen-bond donors (Lipinski definition) is 1. The van der Waals surface area contributed by atoms with Crippen LogP contribution in [0.15, 0.2) is 0 Å². The van der Waals surface area contributed by atoms with Crippen molar-refractivity contribution in [3.05, 3.63) is 0 Å². The first-order valence-electron chi connectivity index (χ1n) is 6.55. The highest BCUT2D eigenvalue weighted by molar-refractivity contribution is 5.76. The van der Waals surface area contributed by atoms with E-state index in [1.807, 2.05) is 4.90 Å². The van der Waals surface area contributed by atoms with E-state index in [9.17, 15) is 9.90 Å². The van der Waals surface area contributed by atoms with Crippen molar-refractivity contribution in [1.29, 1.82) is 0 Å². The highest BCUT2D eigenvalue weighted by Crippen LogP contribution is 2.18. The van der Waals surface area contributed by atoms with Gasteiger partial charge in [0, 0.05) is 13.0 Å². The van der Waals surface area contributed by atoms with Crippen LogP contribution in [-0.4, -0.2) is 35.1 Å². The van der Waals surface area contributed by atoms with Crippen molar-refractivity contribution in [3.8, 4) is 0 Å². The van der Waals surface area contributed by atoms with Gasteiger partial charge in [-0.3, -0.25) is 4.79 Å². The standard InChI is InChI=1S/C13H25NO2/c1-11(2)7-8-13(16)14-9-5-3-4-6-12(14)10-15/h11-12,15H,3-10H2,1-2H3.